The summed E-state index contributed by atoms with van der Waals surface area (Å²) < 4.78 is 35.5. The van der Waals surface area contributed by atoms with Gasteiger partial charge in [0.2, 0.25) is 5.09 Å². The van der Waals surface area contributed by atoms with Crippen molar-refractivity contribution in [3.8, 4) is 0 Å². The van der Waals surface area contributed by atoms with Gasteiger partial charge in [-0.15, -0.1) is 0 Å². The fourth-order valence-electron chi connectivity index (χ4n) is 1.62. The number of hydrogen-bond donors (Lipinski definition) is 1. The molecule has 0 saturated carbocycles. The van der Waals surface area contributed by atoms with Gasteiger partial charge in [-0.1, -0.05) is 0 Å². The molecule has 0 amide bonds. The molecule has 1 N–H and O–H groups in total. The van der Waals surface area contributed by atoms with Gasteiger partial charge in [-0.25, -0.2) is 8.42 Å². The van der Waals surface area contributed by atoms with Gasteiger partial charge in [-0.3, -0.25) is 4.79 Å². The molecule has 1 aliphatic rings. The first-order valence-electron chi connectivity index (χ1n) is 5.00. The topological polar surface area (TPSA) is 97.0 Å². The van der Waals surface area contributed by atoms with Crippen molar-refractivity contribution in [3.05, 3.63) is 16.8 Å². The second-order valence-electron chi connectivity index (χ2n) is 3.60. The number of rotatable bonds is 3. The molecule has 1 fully saturated rings. The van der Waals surface area contributed by atoms with E-state index in [1.54, 1.807) is 0 Å². The van der Waals surface area contributed by atoms with Crippen LogP contribution >= 0.6 is 15.9 Å². The van der Waals surface area contributed by atoms with E-state index in [1.807, 2.05) is 0 Å². The van der Waals surface area contributed by atoms with E-state index in [4.69, 9.17) is 14.3 Å². The summed E-state index contributed by atoms with van der Waals surface area (Å²) in [5.41, 5.74) is 0. The maximum atomic E-state index is 12.2. The molecular formula is C9H10BrNO6S. The van der Waals surface area contributed by atoms with Crippen molar-refractivity contribution in [2.45, 2.75) is 11.1 Å². The Kier molecular flexibility index (Phi) is 3.76. The first-order valence-corrected chi connectivity index (χ1v) is 7.24. The summed E-state index contributed by atoms with van der Waals surface area (Å²) in [5.74, 6) is -1.25. The minimum atomic E-state index is -3.96. The third-order valence-electron chi connectivity index (χ3n) is 2.48. The summed E-state index contributed by atoms with van der Waals surface area (Å²) in [5, 5.41) is 8.71. The van der Waals surface area contributed by atoms with Crippen molar-refractivity contribution in [3.63, 3.8) is 0 Å². The standard InChI is InChI=1S/C9H10BrNO6S/c10-7-1-2-8(17-7)18(14,15)11-3-4-16-5-6(11)9(12)13/h1-2,6H,3-5H2,(H,12,13). The summed E-state index contributed by atoms with van der Waals surface area (Å²) in [6.45, 7) is -0.0288. The van der Waals surface area contributed by atoms with Crippen LogP contribution in [0.25, 0.3) is 0 Å². The van der Waals surface area contributed by atoms with Gasteiger partial charge in [-0.05, 0) is 28.1 Å². The van der Waals surface area contributed by atoms with Crippen LogP contribution in [0.2, 0.25) is 0 Å². The van der Waals surface area contributed by atoms with Gasteiger partial charge in [0, 0.05) is 6.54 Å². The molecule has 0 aromatic carbocycles. The van der Waals surface area contributed by atoms with Crippen LogP contribution in [-0.2, 0) is 19.6 Å². The molecule has 100 valence electrons. The monoisotopic (exact) mass is 339 g/mol. The molecule has 18 heavy (non-hydrogen) atoms. The molecule has 1 unspecified atom stereocenters. The van der Waals surface area contributed by atoms with E-state index >= 15 is 0 Å². The summed E-state index contributed by atoms with van der Waals surface area (Å²) in [4.78, 5) is 11.0. The van der Waals surface area contributed by atoms with Gasteiger partial charge < -0.3 is 14.3 Å². The lowest BCUT2D eigenvalue weighted by Crippen LogP contribution is -2.52. The summed E-state index contributed by atoms with van der Waals surface area (Å²) in [7, 11) is -3.96. The van der Waals surface area contributed by atoms with Crippen LogP contribution in [0, 0.1) is 0 Å². The molecule has 1 aromatic heterocycles. The maximum Gasteiger partial charge on any atom is 0.324 e. The van der Waals surface area contributed by atoms with E-state index in [1.165, 1.54) is 12.1 Å². The number of hydrogen-bond acceptors (Lipinski definition) is 5. The Bertz CT molecular complexity index is 553. The molecule has 7 nitrogen and oxygen atoms in total. The lowest BCUT2D eigenvalue weighted by molar-refractivity contribution is -0.146. The number of morpholine rings is 1. The number of aliphatic carboxylic acids is 1. The molecular weight excluding hydrogens is 330 g/mol. The van der Waals surface area contributed by atoms with Gasteiger partial charge in [0.15, 0.2) is 4.67 Å². The molecule has 2 rings (SSSR count). The first kappa shape index (κ1) is 13.5. The molecule has 0 aliphatic carbocycles. The first-order chi connectivity index (χ1) is 8.43. The van der Waals surface area contributed by atoms with Crippen molar-refractivity contribution in [2.75, 3.05) is 19.8 Å². The minimum Gasteiger partial charge on any atom is -0.480 e. The minimum absolute atomic E-state index is 0.0163. The van der Waals surface area contributed by atoms with Gasteiger partial charge in [-0.2, -0.15) is 4.31 Å². The number of carbonyl (C=O) groups is 1. The van der Waals surface area contributed by atoms with Crippen LogP contribution in [0.15, 0.2) is 26.3 Å². The number of halogens is 1. The Labute approximate surface area is 112 Å². The average Bonchev–Trinajstić information content (AvgIpc) is 2.76. The molecule has 1 saturated heterocycles. The third-order valence-corrected chi connectivity index (χ3v) is 4.68. The Balaban J connectivity index is 2.36. The highest BCUT2D eigenvalue weighted by Gasteiger charge is 2.39. The van der Waals surface area contributed by atoms with Crippen LogP contribution in [0.3, 0.4) is 0 Å². The van der Waals surface area contributed by atoms with Gasteiger partial charge >= 0.3 is 5.97 Å². The lowest BCUT2D eigenvalue weighted by Gasteiger charge is -2.30. The lowest BCUT2D eigenvalue weighted by atomic mass is 10.3. The fraction of sp³-hybridized carbons (Fsp3) is 0.444. The van der Waals surface area contributed by atoms with Crippen molar-refractivity contribution in [2.24, 2.45) is 0 Å². The number of sulfonamides is 1. The van der Waals surface area contributed by atoms with Crippen LogP contribution in [0.5, 0.6) is 0 Å². The largest absolute Gasteiger partial charge is 0.480 e. The molecule has 1 atom stereocenters. The molecule has 0 bridgehead atoms. The van der Waals surface area contributed by atoms with E-state index in [-0.39, 0.29) is 29.5 Å². The number of carboxylic acid groups (broad SMARTS) is 1. The highest BCUT2D eigenvalue weighted by molar-refractivity contribution is 9.10. The number of ether oxygens (including phenoxy) is 1. The molecule has 1 aromatic rings. The van der Waals surface area contributed by atoms with E-state index in [9.17, 15) is 13.2 Å². The molecule has 0 spiro atoms. The van der Waals surface area contributed by atoms with Crippen molar-refractivity contribution in [1.82, 2.24) is 4.31 Å². The predicted molar refractivity (Wildman–Crippen MR) is 62.5 cm³/mol. The molecule has 1 aliphatic heterocycles. The normalized spacial score (nSPS) is 21.9. The van der Waals surface area contributed by atoms with E-state index < -0.39 is 22.0 Å². The van der Waals surface area contributed by atoms with Crippen molar-refractivity contribution < 1.29 is 27.5 Å². The maximum absolute atomic E-state index is 12.2. The summed E-state index contributed by atoms with van der Waals surface area (Å²) >= 11 is 3.00. The second-order valence-corrected chi connectivity index (χ2v) is 6.21. The Morgan fingerprint density at radius 2 is 2.22 bits per heavy atom. The zero-order valence-corrected chi connectivity index (χ0v) is 11.5. The highest BCUT2D eigenvalue weighted by Crippen LogP contribution is 2.24. The smallest absolute Gasteiger partial charge is 0.324 e. The highest BCUT2D eigenvalue weighted by atomic mass is 79.9. The molecule has 9 heteroatoms. The third kappa shape index (κ3) is 2.44. The Morgan fingerprint density at radius 1 is 1.50 bits per heavy atom. The van der Waals surface area contributed by atoms with Crippen LogP contribution in [0.1, 0.15) is 0 Å². The summed E-state index contributed by atoms with van der Waals surface area (Å²) in [6.07, 6.45) is 0. The van der Waals surface area contributed by atoms with Gasteiger partial charge in [0.05, 0.1) is 13.2 Å². The zero-order chi connectivity index (χ0) is 13.3. The second kappa shape index (κ2) is 5.00. The van der Waals surface area contributed by atoms with Crippen LogP contribution in [0.4, 0.5) is 0 Å². The quantitative estimate of drug-likeness (QED) is 0.861. The van der Waals surface area contributed by atoms with Crippen molar-refractivity contribution >= 4 is 31.9 Å². The van der Waals surface area contributed by atoms with E-state index in [0.29, 0.717) is 0 Å². The molecule has 0 radical (unpaired) electrons. The number of nitrogens with zero attached hydrogens (tertiary/aromatic N) is 1. The van der Waals surface area contributed by atoms with Crippen molar-refractivity contribution in [1.29, 1.82) is 0 Å². The van der Waals surface area contributed by atoms with Crippen LogP contribution < -0.4 is 0 Å². The van der Waals surface area contributed by atoms with Gasteiger partial charge in [0.25, 0.3) is 10.0 Å². The SMILES string of the molecule is O=C(O)C1COCCN1S(=O)(=O)c1ccc(Br)o1. The number of carboxylic acids is 1. The zero-order valence-electron chi connectivity index (χ0n) is 9.08. The average molecular weight is 340 g/mol. The predicted octanol–water partition coefficient (Wildman–Crippen LogP) is 0.516. The Hall–Kier alpha value is -0.900. The Morgan fingerprint density at radius 3 is 2.78 bits per heavy atom. The van der Waals surface area contributed by atoms with Crippen LogP contribution in [-0.4, -0.2) is 49.6 Å². The van der Waals surface area contributed by atoms with E-state index in [0.717, 1.165) is 4.31 Å². The van der Waals surface area contributed by atoms with E-state index in [2.05, 4.69) is 15.9 Å². The number of furan rings is 1. The fourth-order valence-corrected chi connectivity index (χ4v) is 3.50. The molecule has 2 heterocycles. The summed E-state index contributed by atoms with van der Waals surface area (Å²) in [6, 6.07) is 1.48. The van der Waals surface area contributed by atoms with Gasteiger partial charge in [0.1, 0.15) is 6.04 Å².